The number of alkyl halides is 6. The van der Waals surface area contributed by atoms with Gasteiger partial charge >= 0.3 is 18.4 Å². The highest BCUT2D eigenvalue weighted by atomic mass is 19.4. The first-order valence-electron chi connectivity index (χ1n) is 12.5. The van der Waals surface area contributed by atoms with Gasteiger partial charge in [-0.1, -0.05) is 30.3 Å². The standard InChI is InChI=1S/C27H30F6N2O3/c1-18(19-13-21(26(28,29)30)15-22(14-19)27(31,32)33)37-17-25(20-7-3-2-4-8-20)10-9-23(16-34-25)38-24(36)35-11-5-6-12-35/h2-4,7-8,13-15,18,23,34H,5-6,9-12,16-17H2,1H3/t18-,23+,25-/m1/s1. The molecule has 0 bridgehead atoms. The third-order valence-electron chi connectivity index (χ3n) is 7.18. The lowest BCUT2D eigenvalue weighted by Crippen LogP contribution is -2.54. The van der Waals surface area contributed by atoms with Gasteiger partial charge in [0.2, 0.25) is 0 Å². The molecule has 2 heterocycles. The molecule has 2 aliphatic heterocycles. The summed E-state index contributed by atoms with van der Waals surface area (Å²) in [5.74, 6) is 0. The average molecular weight is 545 g/mol. The van der Waals surface area contributed by atoms with Gasteiger partial charge in [-0.3, -0.25) is 0 Å². The molecule has 1 amide bonds. The first-order valence-corrected chi connectivity index (χ1v) is 12.5. The molecule has 0 unspecified atom stereocenters. The molecule has 38 heavy (non-hydrogen) atoms. The Morgan fingerprint density at radius 2 is 1.63 bits per heavy atom. The predicted octanol–water partition coefficient (Wildman–Crippen LogP) is 6.68. The van der Waals surface area contributed by atoms with Gasteiger partial charge in [-0.25, -0.2) is 4.79 Å². The summed E-state index contributed by atoms with van der Waals surface area (Å²) in [6.07, 6.45) is -8.75. The molecule has 2 aliphatic rings. The average Bonchev–Trinajstić information content (AvgIpc) is 3.43. The van der Waals surface area contributed by atoms with Gasteiger partial charge in [-0.2, -0.15) is 26.3 Å². The van der Waals surface area contributed by atoms with E-state index in [1.165, 1.54) is 6.92 Å². The van der Waals surface area contributed by atoms with Crippen molar-refractivity contribution in [2.24, 2.45) is 0 Å². The number of likely N-dealkylation sites (tertiary alicyclic amines) is 1. The zero-order chi connectivity index (χ0) is 27.6. The molecule has 2 saturated heterocycles. The number of amides is 1. The lowest BCUT2D eigenvalue weighted by Gasteiger charge is -2.42. The van der Waals surface area contributed by atoms with Gasteiger partial charge < -0.3 is 19.7 Å². The van der Waals surface area contributed by atoms with E-state index in [0.717, 1.165) is 18.4 Å². The minimum Gasteiger partial charge on any atom is -0.445 e. The van der Waals surface area contributed by atoms with E-state index < -0.39 is 35.1 Å². The zero-order valence-electron chi connectivity index (χ0n) is 20.9. The summed E-state index contributed by atoms with van der Waals surface area (Å²) in [5.41, 5.74) is -2.89. The van der Waals surface area contributed by atoms with E-state index in [1.54, 1.807) is 4.90 Å². The van der Waals surface area contributed by atoms with Crippen LogP contribution < -0.4 is 5.32 Å². The van der Waals surface area contributed by atoms with E-state index in [0.29, 0.717) is 44.6 Å². The number of rotatable bonds is 6. The first-order chi connectivity index (χ1) is 17.9. The van der Waals surface area contributed by atoms with Crippen LogP contribution in [0.25, 0.3) is 0 Å². The quantitative estimate of drug-likeness (QED) is 0.412. The lowest BCUT2D eigenvalue weighted by molar-refractivity contribution is -0.143. The molecule has 0 aliphatic carbocycles. The SMILES string of the molecule is C[C@@H](OC[C@@]1(c2ccccc2)CC[C@H](OC(=O)N2CCCC2)CN1)c1cc(C(F)(F)F)cc(C(F)(F)F)c1. The summed E-state index contributed by atoms with van der Waals surface area (Å²) in [6, 6.07) is 10.8. The third-order valence-corrected chi connectivity index (χ3v) is 7.18. The zero-order valence-corrected chi connectivity index (χ0v) is 20.9. The van der Waals surface area contributed by atoms with Crippen molar-refractivity contribution in [2.75, 3.05) is 26.2 Å². The Balaban J connectivity index is 1.49. The van der Waals surface area contributed by atoms with Crippen molar-refractivity contribution >= 4 is 6.09 Å². The van der Waals surface area contributed by atoms with Crippen LogP contribution in [0.3, 0.4) is 0 Å². The Morgan fingerprint density at radius 3 is 2.16 bits per heavy atom. The van der Waals surface area contributed by atoms with Gasteiger partial charge in [0.1, 0.15) is 6.10 Å². The van der Waals surface area contributed by atoms with E-state index in [2.05, 4.69) is 5.32 Å². The van der Waals surface area contributed by atoms with E-state index in [1.807, 2.05) is 30.3 Å². The summed E-state index contributed by atoms with van der Waals surface area (Å²) in [5, 5.41) is 3.39. The van der Waals surface area contributed by atoms with Crippen LogP contribution in [0.4, 0.5) is 31.1 Å². The van der Waals surface area contributed by atoms with Gasteiger partial charge in [0.25, 0.3) is 0 Å². The topological polar surface area (TPSA) is 50.8 Å². The number of carbonyl (C=O) groups is 1. The number of carbonyl (C=O) groups excluding carboxylic acids is 1. The number of hydrogen-bond donors (Lipinski definition) is 1. The highest BCUT2D eigenvalue weighted by Crippen LogP contribution is 2.39. The summed E-state index contributed by atoms with van der Waals surface area (Å²) >= 11 is 0. The van der Waals surface area contributed by atoms with Gasteiger partial charge in [0, 0.05) is 19.6 Å². The minimum absolute atomic E-state index is 0.0113. The Morgan fingerprint density at radius 1 is 1.03 bits per heavy atom. The number of benzene rings is 2. The maximum absolute atomic E-state index is 13.3. The van der Waals surface area contributed by atoms with Crippen LogP contribution >= 0.6 is 0 Å². The maximum Gasteiger partial charge on any atom is 0.416 e. The fourth-order valence-electron chi connectivity index (χ4n) is 4.91. The van der Waals surface area contributed by atoms with Gasteiger partial charge in [0.15, 0.2) is 0 Å². The van der Waals surface area contributed by atoms with Gasteiger partial charge in [0.05, 0.1) is 29.4 Å². The van der Waals surface area contributed by atoms with E-state index in [4.69, 9.17) is 9.47 Å². The monoisotopic (exact) mass is 544 g/mol. The molecule has 11 heteroatoms. The highest BCUT2D eigenvalue weighted by molar-refractivity contribution is 5.68. The number of piperidine rings is 1. The van der Waals surface area contributed by atoms with Crippen LogP contribution in [0.1, 0.15) is 61.0 Å². The highest BCUT2D eigenvalue weighted by Gasteiger charge is 2.40. The summed E-state index contributed by atoms with van der Waals surface area (Å²) in [7, 11) is 0. The number of ether oxygens (including phenoxy) is 2. The Kier molecular flexibility index (Phi) is 8.27. The molecular weight excluding hydrogens is 514 g/mol. The molecule has 0 radical (unpaired) electrons. The smallest absolute Gasteiger partial charge is 0.416 e. The molecule has 0 aromatic heterocycles. The lowest BCUT2D eigenvalue weighted by atomic mass is 9.82. The van der Waals surface area contributed by atoms with Crippen molar-refractivity contribution in [3.8, 4) is 0 Å². The molecule has 2 aromatic rings. The summed E-state index contributed by atoms with van der Waals surface area (Å²) < 4.78 is 91.6. The van der Waals surface area contributed by atoms with Gasteiger partial charge in [-0.05, 0) is 61.9 Å². The van der Waals surface area contributed by atoms with Crippen LogP contribution in [0.2, 0.25) is 0 Å². The molecule has 2 fully saturated rings. The van der Waals surface area contributed by atoms with Crippen molar-refractivity contribution in [1.29, 1.82) is 0 Å². The molecular formula is C27H30F6N2O3. The molecule has 0 saturated carbocycles. The number of nitrogens with zero attached hydrogens (tertiary/aromatic N) is 1. The molecule has 4 rings (SSSR count). The predicted molar refractivity (Wildman–Crippen MR) is 127 cm³/mol. The summed E-state index contributed by atoms with van der Waals surface area (Å²) in [4.78, 5) is 14.1. The second-order valence-corrected chi connectivity index (χ2v) is 9.86. The van der Waals surface area contributed by atoms with E-state index in [9.17, 15) is 31.1 Å². The first kappa shape index (κ1) is 28.2. The van der Waals surface area contributed by atoms with Crippen molar-refractivity contribution in [3.05, 3.63) is 70.8 Å². The Labute approximate surface area is 217 Å². The second-order valence-electron chi connectivity index (χ2n) is 9.86. The second kappa shape index (κ2) is 11.1. The van der Waals surface area contributed by atoms with Crippen molar-refractivity contribution in [1.82, 2.24) is 10.2 Å². The number of halogens is 6. The van der Waals surface area contributed by atoms with Crippen LogP contribution in [-0.4, -0.2) is 43.3 Å². The number of hydrogen-bond acceptors (Lipinski definition) is 4. The van der Waals surface area contributed by atoms with Gasteiger partial charge in [-0.15, -0.1) is 0 Å². The maximum atomic E-state index is 13.3. The molecule has 2 aromatic carbocycles. The molecule has 0 spiro atoms. The van der Waals surface area contributed by atoms with Crippen LogP contribution in [0.5, 0.6) is 0 Å². The van der Waals surface area contributed by atoms with E-state index in [-0.39, 0.29) is 30.4 Å². The van der Waals surface area contributed by atoms with Crippen molar-refractivity contribution in [3.63, 3.8) is 0 Å². The molecule has 1 N–H and O–H groups in total. The van der Waals surface area contributed by atoms with Crippen LogP contribution in [-0.2, 0) is 27.4 Å². The van der Waals surface area contributed by atoms with E-state index >= 15 is 0 Å². The normalized spacial score (nSPS) is 23.3. The molecule has 5 nitrogen and oxygen atoms in total. The Hall–Kier alpha value is -2.79. The van der Waals surface area contributed by atoms with Crippen molar-refractivity contribution < 1.29 is 40.6 Å². The minimum atomic E-state index is -4.94. The third kappa shape index (κ3) is 6.61. The Bertz CT molecular complexity index is 1060. The van der Waals surface area contributed by atoms with Crippen molar-refractivity contribution in [2.45, 2.75) is 62.7 Å². The molecule has 208 valence electrons. The van der Waals surface area contributed by atoms with Crippen LogP contribution in [0, 0.1) is 0 Å². The largest absolute Gasteiger partial charge is 0.445 e. The fraction of sp³-hybridized carbons (Fsp3) is 0.519. The fourth-order valence-corrected chi connectivity index (χ4v) is 4.91. The molecule has 3 atom stereocenters. The van der Waals surface area contributed by atoms with Crippen LogP contribution in [0.15, 0.2) is 48.5 Å². The summed E-state index contributed by atoms with van der Waals surface area (Å²) in [6.45, 7) is 3.09. The number of nitrogens with one attached hydrogen (secondary N) is 1.